The van der Waals surface area contributed by atoms with Gasteiger partial charge in [0.15, 0.2) is 0 Å². The minimum atomic E-state index is 0.566. The van der Waals surface area contributed by atoms with Crippen LogP contribution >= 0.6 is 0 Å². The second kappa shape index (κ2) is 6.94. The summed E-state index contributed by atoms with van der Waals surface area (Å²) in [5.74, 6) is 0. The van der Waals surface area contributed by atoms with Gasteiger partial charge in [-0.1, -0.05) is 44.9 Å². The Bertz CT molecular complexity index is 362. The molecule has 0 aliphatic heterocycles. The minimum absolute atomic E-state index is 0.566. The van der Waals surface area contributed by atoms with Crippen LogP contribution in [0.25, 0.3) is 0 Å². The minimum Gasteiger partial charge on any atom is -0.310 e. The van der Waals surface area contributed by atoms with Gasteiger partial charge in [-0.2, -0.15) is 0 Å². The highest BCUT2D eigenvalue weighted by Gasteiger charge is 2.15. The van der Waals surface area contributed by atoms with Crippen molar-refractivity contribution >= 4 is 0 Å². The standard InChI is InChI=1S/C17H27N/c1-3-5-9-17(18-12-4-2)16-11-10-14-7-6-8-15(14)13-16/h10-11,13,17-18H,3-9,12H2,1-2H3. The van der Waals surface area contributed by atoms with Crippen molar-refractivity contribution in [3.63, 3.8) is 0 Å². The second-order valence-electron chi connectivity index (χ2n) is 5.53. The summed E-state index contributed by atoms with van der Waals surface area (Å²) in [6.45, 7) is 5.65. The van der Waals surface area contributed by atoms with E-state index in [-0.39, 0.29) is 0 Å². The Balaban J connectivity index is 2.08. The molecule has 1 atom stereocenters. The number of aryl methyl sites for hydroxylation is 2. The lowest BCUT2D eigenvalue weighted by Crippen LogP contribution is -2.22. The van der Waals surface area contributed by atoms with Gasteiger partial charge in [-0.15, -0.1) is 0 Å². The first-order chi connectivity index (χ1) is 8.85. The van der Waals surface area contributed by atoms with E-state index in [1.165, 1.54) is 50.5 Å². The highest BCUT2D eigenvalue weighted by molar-refractivity contribution is 5.36. The summed E-state index contributed by atoms with van der Waals surface area (Å²) in [6.07, 6.45) is 9.02. The summed E-state index contributed by atoms with van der Waals surface area (Å²) in [5, 5.41) is 3.71. The van der Waals surface area contributed by atoms with Crippen molar-refractivity contribution in [2.75, 3.05) is 6.54 Å². The van der Waals surface area contributed by atoms with Crippen LogP contribution in [0.1, 0.15) is 68.7 Å². The molecular formula is C17H27N. The zero-order chi connectivity index (χ0) is 12.8. The van der Waals surface area contributed by atoms with Crippen molar-refractivity contribution in [3.05, 3.63) is 34.9 Å². The monoisotopic (exact) mass is 245 g/mol. The summed E-state index contributed by atoms with van der Waals surface area (Å²) in [7, 11) is 0. The first kappa shape index (κ1) is 13.6. The smallest absolute Gasteiger partial charge is 0.0320 e. The van der Waals surface area contributed by atoms with Crippen LogP contribution in [0.5, 0.6) is 0 Å². The Morgan fingerprint density at radius 2 is 1.94 bits per heavy atom. The van der Waals surface area contributed by atoms with Crippen LogP contribution in [0.2, 0.25) is 0 Å². The third-order valence-corrected chi connectivity index (χ3v) is 4.01. The maximum Gasteiger partial charge on any atom is 0.0320 e. The van der Waals surface area contributed by atoms with Crippen LogP contribution < -0.4 is 5.32 Å². The zero-order valence-corrected chi connectivity index (χ0v) is 12.0. The number of benzene rings is 1. The molecule has 18 heavy (non-hydrogen) atoms. The average molecular weight is 245 g/mol. The predicted molar refractivity (Wildman–Crippen MR) is 79.0 cm³/mol. The van der Waals surface area contributed by atoms with Gasteiger partial charge in [0.1, 0.15) is 0 Å². The lowest BCUT2D eigenvalue weighted by Gasteiger charge is -2.19. The third-order valence-electron chi connectivity index (χ3n) is 4.01. The van der Waals surface area contributed by atoms with Gasteiger partial charge in [-0.3, -0.25) is 0 Å². The number of hydrogen-bond donors (Lipinski definition) is 1. The molecule has 0 heterocycles. The highest BCUT2D eigenvalue weighted by atomic mass is 14.9. The Morgan fingerprint density at radius 1 is 1.11 bits per heavy atom. The van der Waals surface area contributed by atoms with Crippen molar-refractivity contribution in [2.45, 2.75) is 64.8 Å². The van der Waals surface area contributed by atoms with Gasteiger partial charge in [0.25, 0.3) is 0 Å². The Morgan fingerprint density at radius 3 is 2.72 bits per heavy atom. The van der Waals surface area contributed by atoms with Gasteiger partial charge in [0.2, 0.25) is 0 Å². The quantitative estimate of drug-likeness (QED) is 0.750. The molecule has 1 heteroatoms. The molecule has 0 saturated carbocycles. The fraction of sp³-hybridized carbons (Fsp3) is 0.647. The van der Waals surface area contributed by atoms with E-state index in [0.29, 0.717) is 6.04 Å². The molecule has 1 aliphatic rings. The molecule has 0 aromatic heterocycles. The van der Waals surface area contributed by atoms with E-state index >= 15 is 0 Å². The van der Waals surface area contributed by atoms with Gasteiger partial charge in [-0.25, -0.2) is 0 Å². The summed E-state index contributed by atoms with van der Waals surface area (Å²) in [5.41, 5.74) is 4.70. The van der Waals surface area contributed by atoms with E-state index in [0.717, 1.165) is 6.54 Å². The molecule has 0 radical (unpaired) electrons. The van der Waals surface area contributed by atoms with Crippen LogP contribution in [0.3, 0.4) is 0 Å². The van der Waals surface area contributed by atoms with Gasteiger partial charge in [-0.05, 0) is 55.3 Å². The van der Waals surface area contributed by atoms with Gasteiger partial charge >= 0.3 is 0 Å². The maximum atomic E-state index is 3.71. The first-order valence-electron chi connectivity index (χ1n) is 7.70. The zero-order valence-electron chi connectivity index (χ0n) is 12.0. The Kier molecular flexibility index (Phi) is 5.25. The number of nitrogens with one attached hydrogen (secondary N) is 1. The van der Waals surface area contributed by atoms with Crippen LogP contribution in [-0.2, 0) is 12.8 Å². The van der Waals surface area contributed by atoms with Crippen molar-refractivity contribution in [3.8, 4) is 0 Å². The number of rotatable bonds is 7. The lowest BCUT2D eigenvalue weighted by atomic mass is 9.97. The van der Waals surface area contributed by atoms with Crippen LogP contribution in [0, 0.1) is 0 Å². The van der Waals surface area contributed by atoms with Gasteiger partial charge < -0.3 is 5.32 Å². The summed E-state index contributed by atoms with van der Waals surface area (Å²) < 4.78 is 0. The lowest BCUT2D eigenvalue weighted by molar-refractivity contribution is 0.481. The Labute approximate surface area is 112 Å². The van der Waals surface area contributed by atoms with E-state index in [2.05, 4.69) is 37.4 Å². The van der Waals surface area contributed by atoms with E-state index < -0.39 is 0 Å². The normalized spacial score (nSPS) is 15.7. The predicted octanol–water partition coefficient (Wildman–Crippen LogP) is 4.41. The number of fused-ring (bicyclic) bond motifs is 1. The molecule has 1 unspecified atom stereocenters. The molecule has 1 aromatic rings. The number of hydrogen-bond acceptors (Lipinski definition) is 1. The van der Waals surface area contributed by atoms with Crippen LogP contribution in [0.4, 0.5) is 0 Å². The molecule has 0 spiro atoms. The topological polar surface area (TPSA) is 12.0 Å². The maximum absolute atomic E-state index is 3.71. The molecular weight excluding hydrogens is 218 g/mol. The summed E-state index contributed by atoms with van der Waals surface area (Å²) in [6, 6.07) is 7.75. The van der Waals surface area contributed by atoms with Crippen molar-refractivity contribution in [1.82, 2.24) is 5.32 Å². The molecule has 2 rings (SSSR count). The van der Waals surface area contributed by atoms with Crippen LogP contribution in [0.15, 0.2) is 18.2 Å². The average Bonchev–Trinajstić information content (AvgIpc) is 2.86. The molecule has 1 aromatic carbocycles. The SMILES string of the molecule is CCCCC(NCCC)c1ccc2c(c1)CCC2. The Hall–Kier alpha value is -0.820. The first-order valence-corrected chi connectivity index (χ1v) is 7.70. The molecule has 0 bridgehead atoms. The largest absolute Gasteiger partial charge is 0.310 e. The second-order valence-corrected chi connectivity index (χ2v) is 5.53. The van der Waals surface area contributed by atoms with E-state index in [9.17, 15) is 0 Å². The molecule has 0 saturated heterocycles. The van der Waals surface area contributed by atoms with E-state index in [1.54, 1.807) is 11.1 Å². The van der Waals surface area contributed by atoms with Gasteiger partial charge in [0, 0.05) is 6.04 Å². The van der Waals surface area contributed by atoms with E-state index in [1.807, 2.05) is 0 Å². The molecule has 1 nitrogen and oxygen atoms in total. The molecule has 1 aliphatic carbocycles. The fourth-order valence-electron chi connectivity index (χ4n) is 2.92. The summed E-state index contributed by atoms with van der Waals surface area (Å²) >= 11 is 0. The van der Waals surface area contributed by atoms with Crippen molar-refractivity contribution < 1.29 is 0 Å². The molecule has 1 N–H and O–H groups in total. The third kappa shape index (κ3) is 3.35. The summed E-state index contributed by atoms with van der Waals surface area (Å²) in [4.78, 5) is 0. The highest BCUT2D eigenvalue weighted by Crippen LogP contribution is 2.27. The van der Waals surface area contributed by atoms with Crippen LogP contribution in [-0.4, -0.2) is 6.54 Å². The van der Waals surface area contributed by atoms with Crippen molar-refractivity contribution in [1.29, 1.82) is 0 Å². The molecule has 0 amide bonds. The van der Waals surface area contributed by atoms with Gasteiger partial charge in [0.05, 0.1) is 0 Å². The molecule has 100 valence electrons. The molecule has 0 fully saturated rings. The van der Waals surface area contributed by atoms with Crippen molar-refractivity contribution in [2.24, 2.45) is 0 Å². The number of unbranched alkanes of at least 4 members (excludes halogenated alkanes) is 1. The van der Waals surface area contributed by atoms with E-state index in [4.69, 9.17) is 0 Å². The fourth-order valence-corrected chi connectivity index (χ4v) is 2.92.